The quantitative estimate of drug-likeness (QED) is 0.593. The Kier molecular flexibility index (Phi) is 4.02. The third-order valence-electron chi connectivity index (χ3n) is 2.48. The molecule has 1 aliphatic rings. The van der Waals surface area contributed by atoms with Crippen molar-refractivity contribution in [1.29, 1.82) is 0 Å². The monoisotopic (exact) mass is 326 g/mol. The van der Waals surface area contributed by atoms with Gasteiger partial charge in [-0.15, -0.1) is 11.6 Å². The van der Waals surface area contributed by atoms with Crippen molar-refractivity contribution < 1.29 is 0 Å². The van der Waals surface area contributed by atoms with E-state index < -0.39 is 9.71 Å². The fourth-order valence-corrected chi connectivity index (χ4v) is 2.99. The summed E-state index contributed by atoms with van der Waals surface area (Å²) in [5.41, 5.74) is 1.52. The first kappa shape index (κ1) is 13.6. The Balaban J connectivity index is 2.57. The molecule has 1 unspecified atom stereocenters. The Morgan fingerprint density at radius 3 is 2.18 bits per heavy atom. The number of hydrogen-bond acceptors (Lipinski definition) is 0. The minimum Gasteiger partial charge on any atom is -0.113 e. The van der Waals surface area contributed by atoms with Crippen molar-refractivity contribution in [2.75, 3.05) is 0 Å². The van der Waals surface area contributed by atoms with Crippen LogP contribution in [0, 0.1) is 0 Å². The average Bonchev–Trinajstić information content (AvgIpc) is 2.33. The van der Waals surface area contributed by atoms with Crippen LogP contribution < -0.4 is 0 Å². The van der Waals surface area contributed by atoms with Gasteiger partial charge in [0, 0.05) is 0 Å². The Bertz CT molecular complexity index is 487. The van der Waals surface area contributed by atoms with Crippen LogP contribution in [0.5, 0.6) is 0 Å². The highest BCUT2D eigenvalue weighted by molar-refractivity contribution is 6.61. The summed E-state index contributed by atoms with van der Waals surface area (Å²) >= 11 is 30.6. The standard InChI is InChI=1S/C12H7Cl5/c13-9-6-8(7-4-2-1-3-5-7)12(16,17)11(15)10(9)14/h1-6,11H. The van der Waals surface area contributed by atoms with E-state index in [0.29, 0.717) is 10.6 Å². The van der Waals surface area contributed by atoms with Crippen LogP contribution >= 0.6 is 58.0 Å². The second-order valence-electron chi connectivity index (χ2n) is 3.61. The average molecular weight is 328 g/mol. The minimum absolute atomic E-state index is 0.262. The lowest BCUT2D eigenvalue weighted by atomic mass is 9.96. The van der Waals surface area contributed by atoms with E-state index in [9.17, 15) is 0 Å². The maximum Gasteiger partial charge on any atom is 0.165 e. The van der Waals surface area contributed by atoms with Gasteiger partial charge in [0.1, 0.15) is 5.38 Å². The summed E-state index contributed by atoms with van der Waals surface area (Å²) in [6.07, 6.45) is 1.65. The molecule has 0 aliphatic heterocycles. The first-order chi connectivity index (χ1) is 7.94. The molecule has 1 aromatic carbocycles. The largest absolute Gasteiger partial charge is 0.165 e. The molecule has 0 spiro atoms. The summed E-state index contributed by atoms with van der Waals surface area (Å²) in [5, 5.41) is -0.138. The van der Waals surface area contributed by atoms with Crippen molar-refractivity contribution >= 4 is 63.6 Å². The van der Waals surface area contributed by atoms with Gasteiger partial charge in [0.05, 0.1) is 10.1 Å². The predicted octanol–water partition coefficient (Wildman–Crippen LogP) is 5.55. The lowest BCUT2D eigenvalue weighted by Gasteiger charge is -2.31. The molecule has 1 aliphatic carbocycles. The van der Waals surface area contributed by atoms with Crippen LogP contribution in [0.25, 0.3) is 5.57 Å². The lowest BCUT2D eigenvalue weighted by Crippen LogP contribution is -2.31. The zero-order valence-electron chi connectivity index (χ0n) is 8.43. The molecule has 90 valence electrons. The Labute approximate surface area is 125 Å². The Morgan fingerprint density at radius 1 is 1.00 bits per heavy atom. The lowest BCUT2D eigenvalue weighted by molar-refractivity contribution is 0.969. The summed E-state index contributed by atoms with van der Waals surface area (Å²) in [5.74, 6) is 0. The van der Waals surface area contributed by atoms with E-state index in [1.807, 2.05) is 30.3 Å². The van der Waals surface area contributed by atoms with E-state index in [0.717, 1.165) is 5.56 Å². The van der Waals surface area contributed by atoms with Gasteiger partial charge in [-0.1, -0.05) is 76.7 Å². The molecule has 0 amide bonds. The van der Waals surface area contributed by atoms with Crippen LogP contribution in [0.2, 0.25) is 0 Å². The van der Waals surface area contributed by atoms with Gasteiger partial charge >= 0.3 is 0 Å². The van der Waals surface area contributed by atoms with Gasteiger partial charge in [0.2, 0.25) is 0 Å². The molecule has 5 heteroatoms. The second kappa shape index (κ2) is 5.03. The number of rotatable bonds is 1. The first-order valence-corrected chi connectivity index (χ1v) is 6.74. The molecule has 0 bridgehead atoms. The second-order valence-corrected chi connectivity index (χ2v) is 6.24. The van der Waals surface area contributed by atoms with E-state index in [1.165, 1.54) is 0 Å². The minimum atomic E-state index is -1.29. The number of alkyl halides is 3. The van der Waals surface area contributed by atoms with Gasteiger partial charge in [-0.25, -0.2) is 0 Å². The molecule has 1 aromatic rings. The summed E-state index contributed by atoms with van der Waals surface area (Å²) in [4.78, 5) is 0. The molecule has 0 aromatic heterocycles. The Morgan fingerprint density at radius 2 is 1.59 bits per heavy atom. The van der Waals surface area contributed by atoms with Crippen LogP contribution in [0.15, 0.2) is 46.5 Å². The molecule has 2 rings (SSSR count). The highest BCUT2D eigenvalue weighted by atomic mass is 35.5. The number of hydrogen-bond donors (Lipinski definition) is 0. The van der Waals surface area contributed by atoms with Gasteiger partial charge in [-0.05, 0) is 17.2 Å². The van der Waals surface area contributed by atoms with E-state index in [2.05, 4.69) is 0 Å². The maximum absolute atomic E-state index is 6.27. The fourth-order valence-electron chi connectivity index (χ4n) is 1.60. The normalized spacial score (nSPS) is 23.6. The zero-order chi connectivity index (χ0) is 12.6. The topological polar surface area (TPSA) is 0 Å². The van der Waals surface area contributed by atoms with Crippen LogP contribution in [0.4, 0.5) is 0 Å². The van der Waals surface area contributed by atoms with Gasteiger partial charge in [-0.2, -0.15) is 0 Å². The van der Waals surface area contributed by atoms with Crippen molar-refractivity contribution in [2.45, 2.75) is 9.71 Å². The van der Waals surface area contributed by atoms with Crippen molar-refractivity contribution in [3.63, 3.8) is 0 Å². The molecule has 0 heterocycles. The van der Waals surface area contributed by atoms with Crippen LogP contribution in [0.1, 0.15) is 5.56 Å². The van der Waals surface area contributed by atoms with Crippen molar-refractivity contribution in [1.82, 2.24) is 0 Å². The molecule has 0 saturated carbocycles. The van der Waals surface area contributed by atoms with Gasteiger partial charge in [0.25, 0.3) is 0 Å². The number of halogens is 5. The highest BCUT2D eigenvalue weighted by Gasteiger charge is 2.43. The van der Waals surface area contributed by atoms with Crippen LogP contribution in [-0.4, -0.2) is 9.71 Å². The van der Waals surface area contributed by atoms with Crippen LogP contribution in [0.3, 0.4) is 0 Å². The summed E-state index contributed by atoms with van der Waals surface area (Å²) in [7, 11) is 0. The summed E-state index contributed by atoms with van der Waals surface area (Å²) < 4.78 is -1.29. The van der Waals surface area contributed by atoms with E-state index in [-0.39, 0.29) is 5.03 Å². The molecule has 0 radical (unpaired) electrons. The van der Waals surface area contributed by atoms with Crippen molar-refractivity contribution in [3.8, 4) is 0 Å². The van der Waals surface area contributed by atoms with E-state index in [4.69, 9.17) is 58.0 Å². The molecule has 0 fully saturated rings. The van der Waals surface area contributed by atoms with Crippen molar-refractivity contribution in [3.05, 3.63) is 52.0 Å². The fraction of sp³-hybridized carbons (Fsp3) is 0.167. The van der Waals surface area contributed by atoms with Crippen molar-refractivity contribution in [2.24, 2.45) is 0 Å². The molecular weight excluding hydrogens is 321 g/mol. The summed E-state index contributed by atoms with van der Waals surface area (Å²) in [6.45, 7) is 0. The third-order valence-corrected chi connectivity index (χ3v) is 5.04. The maximum atomic E-state index is 6.27. The molecule has 0 saturated heterocycles. The van der Waals surface area contributed by atoms with E-state index >= 15 is 0 Å². The molecule has 0 N–H and O–H groups in total. The third kappa shape index (κ3) is 2.47. The van der Waals surface area contributed by atoms with E-state index in [1.54, 1.807) is 6.08 Å². The molecule has 17 heavy (non-hydrogen) atoms. The zero-order valence-corrected chi connectivity index (χ0v) is 12.2. The number of allylic oxidation sites excluding steroid dienone is 4. The molecule has 1 atom stereocenters. The molecular formula is C12H7Cl5. The Hall–Kier alpha value is 0.150. The smallest absolute Gasteiger partial charge is 0.113 e. The number of benzene rings is 1. The SMILES string of the molecule is ClC1=C(Cl)C(Cl)C(Cl)(Cl)C(c2ccccc2)=C1. The summed E-state index contributed by atoms with van der Waals surface area (Å²) in [6, 6.07) is 9.45. The van der Waals surface area contributed by atoms with Gasteiger partial charge in [-0.3, -0.25) is 0 Å². The van der Waals surface area contributed by atoms with Crippen LogP contribution in [-0.2, 0) is 0 Å². The van der Waals surface area contributed by atoms with Gasteiger partial charge < -0.3 is 0 Å². The predicted molar refractivity (Wildman–Crippen MR) is 77.2 cm³/mol. The first-order valence-electron chi connectivity index (χ1n) is 4.79. The highest BCUT2D eigenvalue weighted by Crippen LogP contribution is 2.50. The van der Waals surface area contributed by atoms with Gasteiger partial charge in [0.15, 0.2) is 4.33 Å². The molecule has 0 nitrogen and oxygen atoms in total.